The number of benzene rings is 8. The molecule has 4 fully saturated rings. The first-order valence-corrected chi connectivity index (χ1v) is 22.8. The third-order valence-corrected chi connectivity index (χ3v) is 15.1. The number of aromatic nitrogens is 3. The maximum atomic E-state index is 5.17. The third-order valence-electron chi connectivity index (χ3n) is 15.1. The Morgan fingerprint density at radius 1 is 0.349 bits per heavy atom. The molecule has 1 aliphatic heterocycles. The summed E-state index contributed by atoms with van der Waals surface area (Å²) in [4.78, 5) is 17.9. The van der Waals surface area contributed by atoms with Crippen molar-refractivity contribution in [1.29, 1.82) is 0 Å². The first-order chi connectivity index (χ1) is 31.2. The van der Waals surface area contributed by atoms with E-state index in [4.69, 9.17) is 15.0 Å². The van der Waals surface area contributed by atoms with E-state index in [9.17, 15) is 0 Å². The summed E-state index contributed by atoms with van der Waals surface area (Å²) in [5.41, 5.74) is 14.6. The Morgan fingerprint density at radius 2 is 0.810 bits per heavy atom. The highest BCUT2D eigenvalue weighted by atomic mass is 15.2. The molecule has 4 nitrogen and oxygen atoms in total. The normalized spacial score (nSPS) is 21.7. The van der Waals surface area contributed by atoms with Gasteiger partial charge in [-0.15, -0.1) is 0 Å². The summed E-state index contributed by atoms with van der Waals surface area (Å²) in [6.07, 6.45) is 6.88. The van der Waals surface area contributed by atoms with Crippen molar-refractivity contribution in [3.05, 3.63) is 205 Å². The van der Waals surface area contributed by atoms with E-state index >= 15 is 0 Å². The Morgan fingerprint density at radius 3 is 1.49 bits per heavy atom. The first-order valence-electron chi connectivity index (χ1n) is 22.8. The summed E-state index contributed by atoms with van der Waals surface area (Å²) >= 11 is 0. The van der Waals surface area contributed by atoms with Gasteiger partial charge in [0.25, 0.3) is 0 Å². The zero-order valence-electron chi connectivity index (χ0n) is 35.1. The molecule has 9 aromatic rings. The molecule has 0 radical (unpaired) electrons. The average Bonchev–Trinajstić information content (AvgIpc) is 3.35. The Hall–Kier alpha value is -7.17. The molecule has 14 rings (SSSR count). The lowest BCUT2D eigenvalue weighted by Crippen LogP contribution is -2.57. The number of anilines is 3. The largest absolute Gasteiger partial charge is 0.310 e. The molecule has 8 aromatic carbocycles. The van der Waals surface area contributed by atoms with Gasteiger partial charge in [0.1, 0.15) is 0 Å². The highest BCUT2D eigenvalue weighted by molar-refractivity contribution is 5.91. The van der Waals surface area contributed by atoms with E-state index in [-0.39, 0.29) is 5.41 Å². The number of hydrogen-bond donors (Lipinski definition) is 0. The molecule has 5 aliphatic rings. The molecule has 4 aliphatic carbocycles. The highest BCUT2D eigenvalue weighted by Gasteiger charge is 2.61. The molecular formula is C59H46N4. The van der Waals surface area contributed by atoms with Crippen molar-refractivity contribution in [2.24, 2.45) is 23.7 Å². The predicted octanol–water partition coefficient (Wildman–Crippen LogP) is 14.9. The fourth-order valence-corrected chi connectivity index (χ4v) is 12.6. The Kier molecular flexibility index (Phi) is 8.37. The quantitative estimate of drug-likeness (QED) is 0.168. The van der Waals surface area contributed by atoms with Crippen LogP contribution in [0.15, 0.2) is 194 Å². The van der Waals surface area contributed by atoms with Gasteiger partial charge in [0, 0.05) is 27.8 Å². The number of para-hydroxylation sites is 2. The molecule has 0 atom stereocenters. The van der Waals surface area contributed by atoms with Gasteiger partial charge in [-0.25, -0.2) is 15.0 Å². The SMILES string of the molecule is c1ccc(-c2ccc3ccc(-c4nc(-c5ccccc5)nc(-c5ccc(-c6ccc7c(c6)N(c6ccccc6)c6ccccc6C76C7CC8CC(C7)CC6C8)cc5)n4)cc3c2)cc1. The van der Waals surface area contributed by atoms with Gasteiger partial charge in [-0.1, -0.05) is 158 Å². The monoisotopic (exact) mass is 810 g/mol. The summed E-state index contributed by atoms with van der Waals surface area (Å²) in [6.45, 7) is 0. The number of nitrogens with zero attached hydrogens (tertiary/aromatic N) is 4. The van der Waals surface area contributed by atoms with Crippen molar-refractivity contribution in [2.45, 2.75) is 37.5 Å². The Balaban J connectivity index is 0.907. The van der Waals surface area contributed by atoms with E-state index in [2.05, 4.69) is 181 Å². The molecule has 0 unspecified atom stereocenters. The van der Waals surface area contributed by atoms with E-state index in [0.29, 0.717) is 29.3 Å². The van der Waals surface area contributed by atoms with E-state index in [0.717, 1.165) is 33.9 Å². The van der Waals surface area contributed by atoms with Gasteiger partial charge in [0.05, 0.1) is 11.4 Å². The zero-order valence-corrected chi connectivity index (χ0v) is 35.1. The van der Waals surface area contributed by atoms with Crippen LogP contribution in [0.3, 0.4) is 0 Å². The minimum atomic E-state index is 0.0507. The molecule has 0 amide bonds. The van der Waals surface area contributed by atoms with E-state index in [1.807, 2.05) is 18.2 Å². The Bertz CT molecular complexity index is 3150. The molecule has 63 heavy (non-hydrogen) atoms. The van der Waals surface area contributed by atoms with Crippen LogP contribution in [0.4, 0.5) is 17.1 Å². The molecule has 1 spiro atoms. The fourth-order valence-electron chi connectivity index (χ4n) is 12.6. The molecule has 0 N–H and O–H groups in total. The third kappa shape index (κ3) is 5.92. The lowest BCUT2D eigenvalue weighted by Gasteiger charge is -2.64. The van der Waals surface area contributed by atoms with Gasteiger partial charge < -0.3 is 4.90 Å². The molecule has 1 aromatic heterocycles. The van der Waals surface area contributed by atoms with E-state index in [1.54, 1.807) is 5.56 Å². The van der Waals surface area contributed by atoms with Crippen LogP contribution in [0, 0.1) is 23.7 Å². The van der Waals surface area contributed by atoms with E-state index in [1.165, 1.54) is 82.4 Å². The van der Waals surface area contributed by atoms with Crippen molar-refractivity contribution in [3.8, 4) is 56.4 Å². The molecule has 302 valence electrons. The maximum absolute atomic E-state index is 5.17. The first kappa shape index (κ1) is 36.5. The average molecular weight is 811 g/mol. The smallest absolute Gasteiger partial charge is 0.164 e. The lowest BCUT2D eigenvalue weighted by atomic mass is 9.41. The minimum Gasteiger partial charge on any atom is -0.310 e. The van der Waals surface area contributed by atoms with Gasteiger partial charge in [0.15, 0.2) is 17.5 Å². The molecular weight excluding hydrogens is 765 g/mol. The summed E-state index contributed by atoms with van der Waals surface area (Å²) < 4.78 is 0. The maximum Gasteiger partial charge on any atom is 0.164 e. The van der Waals surface area contributed by atoms with Gasteiger partial charge in [-0.05, 0) is 136 Å². The van der Waals surface area contributed by atoms with Gasteiger partial charge in [-0.2, -0.15) is 0 Å². The van der Waals surface area contributed by atoms with Crippen molar-refractivity contribution in [1.82, 2.24) is 15.0 Å². The predicted molar refractivity (Wildman–Crippen MR) is 257 cm³/mol. The molecule has 4 heteroatoms. The highest BCUT2D eigenvalue weighted by Crippen LogP contribution is 2.69. The molecule has 0 saturated heterocycles. The Labute approximate surface area is 369 Å². The van der Waals surface area contributed by atoms with Crippen LogP contribution in [0.25, 0.3) is 67.2 Å². The van der Waals surface area contributed by atoms with Crippen LogP contribution in [0.2, 0.25) is 0 Å². The van der Waals surface area contributed by atoms with E-state index < -0.39 is 0 Å². The summed E-state index contributed by atoms with van der Waals surface area (Å²) in [7, 11) is 0. The van der Waals surface area contributed by atoms with Crippen LogP contribution in [-0.4, -0.2) is 15.0 Å². The second kappa shape index (κ2) is 14.5. The summed E-state index contributed by atoms with van der Waals surface area (Å²) in [6, 6.07) is 70.6. The summed E-state index contributed by atoms with van der Waals surface area (Å²) in [5, 5.41) is 2.33. The summed E-state index contributed by atoms with van der Waals surface area (Å²) in [5.74, 6) is 5.13. The second-order valence-corrected chi connectivity index (χ2v) is 18.5. The van der Waals surface area contributed by atoms with Crippen LogP contribution < -0.4 is 4.90 Å². The number of rotatable bonds is 6. The van der Waals surface area contributed by atoms with Crippen LogP contribution in [0.5, 0.6) is 0 Å². The lowest BCUT2D eigenvalue weighted by molar-refractivity contribution is -0.0419. The van der Waals surface area contributed by atoms with Crippen molar-refractivity contribution in [2.75, 3.05) is 4.90 Å². The standard InChI is InChI=1S/C59H46N4/c1-4-12-40(13-5-1)45-26-22-42-23-27-47(36-48(42)35-45)58-61-56(43-14-6-2-7-15-43)60-57(62-58)44-24-20-41(21-25-44)46-28-29-53-55(37-46)63(51-16-8-3-9-17-51)54-19-11-10-18-52(54)59(53)49-31-38-30-39(33-49)34-50(59)32-38/h1-29,35-39,49-50H,30-34H2. The fraction of sp³-hybridized carbons (Fsp3) is 0.169. The van der Waals surface area contributed by atoms with Gasteiger partial charge in [0.2, 0.25) is 0 Å². The molecule has 4 bridgehead atoms. The van der Waals surface area contributed by atoms with Crippen molar-refractivity contribution < 1.29 is 0 Å². The van der Waals surface area contributed by atoms with Crippen LogP contribution in [0.1, 0.15) is 43.2 Å². The zero-order chi connectivity index (χ0) is 41.5. The van der Waals surface area contributed by atoms with Gasteiger partial charge in [-0.3, -0.25) is 0 Å². The minimum absolute atomic E-state index is 0.0507. The van der Waals surface area contributed by atoms with Crippen LogP contribution in [-0.2, 0) is 5.41 Å². The van der Waals surface area contributed by atoms with Gasteiger partial charge >= 0.3 is 0 Å². The number of fused-ring (bicyclic) bond motifs is 3. The number of hydrogen-bond acceptors (Lipinski definition) is 4. The topological polar surface area (TPSA) is 41.9 Å². The van der Waals surface area contributed by atoms with Crippen molar-refractivity contribution >= 4 is 27.8 Å². The second-order valence-electron chi connectivity index (χ2n) is 18.5. The van der Waals surface area contributed by atoms with Crippen LogP contribution >= 0.6 is 0 Å². The molecule has 2 heterocycles. The van der Waals surface area contributed by atoms with Crippen molar-refractivity contribution in [3.63, 3.8) is 0 Å². The molecule has 4 saturated carbocycles.